The summed E-state index contributed by atoms with van der Waals surface area (Å²) in [5.41, 5.74) is 0.383. The molecule has 2 rings (SSSR count). The van der Waals surface area contributed by atoms with Crippen LogP contribution < -0.4 is 5.32 Å². The number of nitrogens with zero attached hydrogens (tertiary/aromatic N) is 1. The molecule has 6 heteroatoms. The van der Waals surface area contributed by atoms with Gasteiger partial charge in [0.25, 0.3) is 5.91 Å². The molecule has 20 heavy (non-hydrogen) atoms. The van der Waals surface area contributed by atoms with Crippen LogP contribution in [0.2, 0.25) is 10.0 Å². The number of piperidine rings is 1. The van der Waals surface area contributed by atoms with E-state index < -0.39 is 0 Å². The number of hydrogen-bond acceptors (Lipinski definition) is 2. The lowest BCUT2D eigenvalue weighted by Crippen LogP contribution is -2.46. The number of halogens is 2. The van der Waals surface area contributed by atoms with E-state index in [4.69, 9.17) is 23.2 Å². The van der Waals surface area contributed by atoms with Gasteiger partial charge >= 0.3 is 0 Å². The van der Waals surface area contributed by atoms with Crippen molar-refractivity contribution in [2.45, 2.75) is 25.8 Å². The summed E-state index contributed by atoms with van der Waals surface area (Å²) in [4.78, 5) is 25.2. The molecule has 2 amide bonds. The minimum atomic E-state index is -0.223. The first-order chi connectivity index (χ1) is 9.49. The fourth-order valence-corrected chi connectivity index (χ4v) is 2.67. The summed E-state index contributed by atoms with van der Waals surface area (Å²) >= 11 is 11.9. The third kappa shape index (κ3) is 3.44. The van der Waals surface area contributed by atoms with Crippen LogP contribution in [0, 0.1) is 0 Å². The summed E-state index contributed by atoms with van der Waals surface area (Å²) in [5.74, 6) is -0.147. The Kier molecular flexibility index (Phi) is 4.89. The zero-order valence-electron chi connectivity index (χ0n) is 11.2. The van der Waals surface area contributed by atoms with Crippen molar-refractivity contribution in [2.24, 2.45) is 0 Å². The van der Waals surface area contributed by atoms with Crippen LogP contribution in [-0.4, -0.2) is 35.8 Å². The molecule has 108 valence electrons. The van der Waals surface area contributed by atoms with Crippen LogP contribution >= 0.6 is 23.2 Å². The smallest absolute Gasteiger partial charge is 0.253 e. The molecule has 1 saturated heterocycles. The Labute approximate surface area is 128 Å². The minimum absolute atomic E-state index is 0.0631. The van der Waals surface area contributed by atoms with E-state index >= 15 is 0 Å². The van der Waals surface area contributed by atoms with Gasteiger partial charge in [-0.15, -0.1) is 0 Å². The highest BCUT2D eigenvalue weighted by atomic mass is 35.5. The quantitative estimate of drug-likeness (QED) is 0.912. The van der Waals surface area contributed by atoms with Crippen molar-refractivity contribution in [3.63, 3.8) is 0 Å². The molecule has 0 radical (unpaired) electrons. The van der Waals surface area contributed by atoms with Crippen molar-refractivity contribution in [1.82, 2.24) is 10.2 Å². The maximum Gasteiger partial charge on any atom is 0.253 e. The fourth-order valence-electron chi connectivity index (χ4n) is 2.28. The largest absolute Gasteiger partial charge is 0.349 e. The van der Waals surface area contributed by atoms with Crippen molar-refractivity contribution in [1.29, 1.82) is 0 Å². The van der Waals surface area contributed by atoms with E-state index in [-0.39, 0.29) is 22.9 Å². The van der Waals surface area contributed by atoms with Gasteiger partial charge < -0.3 is 10.2 Å². The van der Waals surface area contributed by atoms with E-state index in [0.29, 0.717) is 23.7 Å². The predicted octanol–water partition coefficient (Wildman–Crippen LogP) is 2.73. The van der Waals surface area contributed by atoms with Crippen LogP contribution in [0.3, 0.4) is 0 Å². The van der Waals surface area contributed by atoms with E-state index in [9.17, 15) is 9.59 Å². The van der Waals surface area contributed by atoms with E-state index in [2.05, 4.69) is 5.32 Å². The SMILES string of the molecule is CC(=O)N1CCC(NC(=O)c2cccc(Cl)c2Cl)CC1. The average Bonchev–Trinajstić information content (AvgIpc) is 2.42. The van der Waals surface area contributed by atoms with Gasteiger partial charge in [-0.3, -0.25) is 9.59 Å². The molecule has 1 heterocycles. The van der Waals surface area contributed by atoms with E-state index in [0.717, 1.165) is 12.8 Å². The zero-order valence-corrected chi connectivity index (χ0v) is 12.7. The Hall–Kier alpha value is -1.26. The molecule has 0 atom stereocenters. The van der Waals surface area contributed by atoms with Crippen molar-refractivity contribution >= 4 is 35.0 Å². The minimum Gasteiger partial charge on any atom is -0.349 e. The fraction of sp³-hybridized carbons (Fsp3) is 0.429. The maximum atomic E-state index is 12.2. The molecule has 1 aromatic rings. The Morgan fingerprint density at radius 2 is 1.90 bits per heavy atom. The maximum absolute atomic E-state index is 12.2. The standard InChI is InChI=1S/C14H16Cl2N2O2/c1-9(19)18-7-5-10(6-8-18)17-14(20)11-3-2-4-12(15)13(11)16/h2-4,10H,5-8H2,1H3,(H,17,20). The average molecular weight is 315 g/mol. The number of likely N-dealkylation sites (tertiary alicyclic amines) is 1. The molecule has 0 aliphatic carbocycles. The lowest BCUT2D eigenvalue weighted by Gasteiger charge is -2.31. The van der Waals surface area contributed by atoms with Crippen LogP contribution in [-0.2, 0) is 4.79 Å². The molecule has 0 saturated carbocycles. The van der Waals surface area contributed by atoms with Crippen LogP contribution in [0.15, 0.2) is 18.2 Å². The lowest BCUT2D eigenvalue weighted by atomic mass is 10.0. The second-order valence-corrected chi connectivity index (χ2v) is 5.64. The molecule has 0 aromatic heterocycles. The molecule has 1 aromatic carbocycles. The molecule has 4 nitrogen and oxygen atoms in total. The molecular formula is C14H16Cl2N2O2. The van der Waals surface area contributed by atoms with Gasteiger partial charge in [-0.2, -0.15) is 0 Å². The first-order valence-electron chi connectivity index (χ1n) is 6.49. The van der Waals surface area contributed by atoms with Crippen LogP contribution in [0.1, 0.15) is 30.1 Å². The molecule has 1 N–H and O–H groups in total. The number of benzene rings is 1. The van der Waals surface area contributed by atoms with Crippen LogP contribution in [0.25, 0.3) is 0 Å². The van der Waals surface area contributed by atoms with Crippen molar-refractivity contribution in [3.05, 3.63) is 33.8 Å². The van der Waals surface area contributed by atoms with E-state index in [1.54, 1.807) is 30.0 Å². The highest BCUT2D eigenvalue weighted by Crippen LogP contribution is 2.25. The third-order valence-electron chi connectivity index (χ3n) is 3.47. The number of carbonyl (C=O) groups excluding carboxylic acids is 2. The zero-order chi connectivity index (χ0) is 14.7. The molecule has 0 bridgehead atoms. The molecular weight excluding hydrogens is 299 g/mol. The van der Waals surface area contributed by atoms with Crippen molar-refractivity contribution in [3.8, 4) is 0 Å². The second kappa shape index (κ2) is 6.46. The van der Waals surface area contributed by atoms with Gasteiger partial charge in [-0.1, -0.05) is 29.3 Å². The lowest BCUT2D eigenvalue weighted by molar-refractivity contribution is -0.129. The first kappa shape index (κ1) is 15.1. The van der Waals surface area contributed by atoms with E-state index in [1.807, 2.05) is 0 Å². The normalized spacial score (nSPS) is 16.1. The van der Waals surface area contributed by atoms with E-state index in [1.165, 1.54) is 0 Å². The third-order valence-corrected chi connectivity index (χ3v) is 4.29. The van der Waals surface area contributed by atoms with Gasteiger partial charge in [0.2, 0.25) is 5.91 Å². The number of rotatable bonds is 2. The summed E-state index contributed by atoms with van der Waals surface area (Å²) in [6, 6.07) is 5.05. The number of carbonyl (C=O) groups is 2. The van der Waals surface area contributed by atoms with Crippen LogP contribution in [0.5, 0.6) is 0 Å². The summed E-state index contributed by atoms with van der Waals surface area (Å²) in [7, 11) is 0. The number of amides is 2. The monoisotopic (exact) mass is 314 g/mol. The molecule has 0 unspecified atom stereocenters. The Bertz CT molecular complexity index is 526. The highest BCUT2D eigenvalue weighted by Gasteiger charge is 2.23. The van der Waals surface area contributed by atoms with Crippen molar-refractivity contribution < 1.29 is 9.59 Å². The predicted molar refractivity (Wildman–Crippen MR) is 79.2 cm³/mol. The van der Waals surface area contributed by atoms with Gasteiger partial charge in [-0.05, 0) is 25.0 Å². The highest BCUT2D eigenvalue weighted by molar-refractivity contribution is 6.43. The van der Waals surface area contributed by atoms with Gasteiger partial charge in [0.05, 0.1) is 15.6 Å². The van der Waals surface area contributed by atoms with Crippen LogP contribution in [0.4, 0.5) is 0 Å². The number of nitrogens with one attached hydrogen (secondary N) is 1. The number of hydrogen-bond donors (Lipinski definition) is 1. The van der Waals surface area contributed by atoms with Crippen molar-refractivity contribution in [2.75, 3.05) is 13.1 Å². The summed E-state index contributed by atoms with van der Waals surface area (Å²) in [5, 5.41) is 3.58. The molecule has 1 aliphatic rings. The molecule has 1 aliphatic heterocycles. The second-order valence-electron chi connectivity index (χ2n) is 4.86. The Morgan fingerprint density at radius 1 is 1.25 bits per heavy atom. The molecule has 1 fully saturated rings. The summed E-state index contributed by atoms with van der Waals surface area (Å²) in [6.45, 7) is 2.90. The summed E-state index contributed by atoms with van der Waals surface area (Å²) < 4.78 is 0. The molecule has 0 spiro atoms. The Balaban J connectivity index is 1.96. The van der Waals surface area contributed by atoms with Gasteiger partial charge in [0, 0.05) is 26.1 Å². The topological polar surface area (TPSA) is 49.4 Å². The Morgan fingerprint density at radius 3 is 2.50 bits per heavy atom. The van der Waals surface area contributed by atoms with Gasteiger partial charge in [0.15, 0.2) is 0 Å². The summed E-state index contributed by atoms with van der Waals surface area (Å²) in [6.07, 6.45) is 1.51. The van der Waals surface area contributed by atoms with Gasteiger partial charge in [0.1, 0.15) is 0 Å². The first-order valence-corrected chi connectivity index (χ1v) is 7.25. The van der Waals surface area contributed by atoms with Gasteiger partial charge in [-0.25, -0.2) is 0 Å².